The number of carboxylic acid groups (broad SMARTS) is 1. The minimum absolute atomic E-state index is 0.0706. The molecule has 20 heavy (non-hydrogen) atoms. The zero-order chi connectivity index (χ0) is 15.1. The van der Waals surface area contributed by atoms with Crippen LogP contribution in [0.4, 0.5) is 0 Å². The molecule has 9 heteroatoms. The quantitative estimate of drug-likeness (QED) is 0.574. The summed E-state index contributed by atoms with van der Waals surface area (Å²) in [6.07, 6.45) is 0.395. The van der Waals surface area contributed by atoms with Gasteiger partial charge in [0, 0.05) is 12.8 Å². The summed E-state index contributed by atoms with van der Waals surface area (Å²) >= 11 is 0. The number of nitrogens with zero attached hydrogens (tertiary/aromatic N) is 2. The lowest BCUT2D eigenvalue weighted by atomic mass is 10.1. The summed E-state index contributed by atoms with van der Waals surface area (Å²) in [7, 11) is 1.20. The average Bonchev–Trinajstić information content (AvgIpc) is 2.91. The van der Waals surface area contributed by atoms with E-state index in [9.17, 15) is 14.4 Å². The molecule has 0 aromatic carbocycles. The zero-order valence-electron chi connectivity index (χ0n) is 11.2. The Kier molecular flexibility index (Phi) is 5.63. The van der Waals surface area contributed by atoms with E-state index < -0.39 is 23.9 Å². The molecular weight excluding hydrogens is 268 g/mol. The van der Waals surface area contributed by atoms with E-state index in [-0.39, 0.29) is 18.7 Å². The van der Waals surface area contributed by atoms with Crippen LogP contribution < -0.4 is 5.32 Å². The minimum atomic E-state index is -1.24. The van der Waals surface area contributed by atoms with Crippen LogP contribution in [0.2, 0.25) is 0 Å². The molecule has 0 radical (unpaired) electrons. The van der Waals surface area contributed by atoms with E-state index in [2.05, 4.69) is 25.2 Å². The highest BCUT2D eigenvalue weighted by Gasteiger charge is 2.23. The van der Waals surface area contributed by atoms with Crippen LogP contribution in [-0.2, 0) is 20.7 Å². The van der Waals surface area contributed by atoms with E-state index in [0.717, 1.165) is 0 Å². The molecule has 9 nitrogen and oxygen atoms in total. The Bertz CT molecular complexity index is 499. The molecule has 1 atom stereocenters. The number of carboxylic acids is 1. The Morgan fingerprint density at radius 1 is 1.45 bits per heavy atom. The summed E-state index contributed by atoms with van der Waals surface area (Å²) in [5.74, 6) is -2.11. The first-order chi connectivity index (χ1) is 9.47. The fourth-order valence-electron chi connectivity index (χ4n) is 1.40. The largest absolute Gasteiger partial charge is 0.480 e. The van der Waals surface area contributed by atoms with Crippen molar-refractivity contribution in [2.24, 2.45) is 0 Å². The Balaban J connectivity index is 2.63. The first kappa shape index (κ1) is 15.6. The first-order valence-electron chi connectivity index (χ1n) is 5.99. The number of amides is 1. The summed E-state index contributed by atoms with van der Waals surface area (Å²) in [6, 6.07) is -1.20. The third-order valence-electron chi connectivity index (χ3n) is 2.54. The molecule has 0 saturated carbocycles. The topological polar surface area (TPSA) is 134 Å². The van der Waals surface area contributed by atoms with Gasteiger partial charge in [0.1, 0.15) is 11.9 Å². The fourth-order valence-corrected chi connectivity index (χ4v) is 1.40. The summed E-state index contributed by atoms with van der Waals surface area (Å²) in [5, 5.41) is 17.5. The molecule has 1 rings (SSSR count). The van der Waals surface area contributed by atoms with Crippen LogP contribution in [0.25, 0.3) is 0 Å². The highest BCUT2D eigenvalue weighted by atomic mass is 16.5. The van der Waals surface area contributed by atoms with Gasteiger partial charge in [0.05, 0.1) is 7.11 Å². The van der Waals surface area contributed by atoms with Crippen molar-refractivity contribution in [3.05, 3.63) is 11.6 Å². The molecule has 1 aromatic heterocycles. The van der Waals surface area contributed by atoms with Gasteiger partial charge < -0.3 is 15.2 Å². The standard InChI is InChI=1S/C11H16N4O5/c1-3-7-13-9(15-14-7)10(17)12-6(11(18)19)4-5-8(16)20-2/h6H,3-5H2,1-2H3,(H,12,17)(H,18,19)(H,13,14,15). The van der Waals surface area contributed by atoms with Gasteiger partial charge in [-0.1, -0.05) is 6.92 Å². The Hall–Kier alpha value is -2.45. The maximum Gasteiger partial charge on any atom is 0.326 e. The number of aliphatic carboxylic acids is 1. The van der Waals surface area contributed by atoms with Gasteiger partial charge in [-0.2, -0.15) is 0 Å². The molecule has 3 N–H and O–H groups in total. The van der Waals surface area contributed by atoms with Crippen molar-refractivity contribution in [1.29, 1.82) is 0 Å². The molecule has 0 aliphatic heterocycles. The van der Waals surface area contributed by atoms with Gasteiger partial charge in [-0.25, -0.2) is 9.78 Å². The van der Waals surface area contributed by atoms with Crippen molar-refractivity contribution in [3.8, 4) is 0 Å². The predicted molar refractivity (Wildman–Crippen MR) is 65.9 cm³/mol. The van der Waals surface area contributed by atoms with Crippen molar-refractivity contribution in [2.75, 3.05) is 7.11 Å². The number of esters is 1. The molecule has 1 heterocycles. The Morgan fingerprint density at radius 2 is 2.15 bits per heavy atom. The van der Waals surface area contributed by atoms with Crippen LogP contribution >= 0.6 is 0 Å². The molecular formula is C11H16N4O5. The van der Waals surface area contributed by atoms with E-state index in [1.54, 1.807) is 0 Å². The number of aromatic nitrogens is 3. The summed E-state index contributed by atoms with van der Waals surface area (Å²) in [4.78, 5) is 37.6. The number of ether oxygens (including phenoxy) is 1. The summed E-state index contributed by atoms with van der Waals surface area (Å²) < 4.78 is 4.41. The van der Waals surface area contributed by atoms with Gasteiger partial charge in [0.25, 0.3) is 5.91 Å². The number of carbonyl (C=O) groups excluding carboxylic acids is 2. The molecule has 1 unspecified atom stereocenters. The SMILES string of the molecule is CCc1nc(C(=O)NC(CCC(=O)OC)C(=O)O)n[nH]1. The number of aromatic amines is 1. The first-order valence-corrected chi connectivity index (χ1v) is 5.99. The summed E-state index contributed by atoms with van der Waals surface area (Å²) in [5.41, 5.74) is 0. The molecule has 0 bridgehead atoms. The molecule has 0 saturated heterocycles. The number of aryl methyl sites for hydroxylation is 1. The van der Waals surface area contributed by atoms with Crippen LogP contribution in [0.1, 0.15) is 36.2 Å². The van der Waals surface area contributed by atoms with Crippen molar-refractivity contribution in [2.45, 2.75) is 32.2 Å². The normalized spacial score (nSPS) is 11.7. The Morgan fingerprint density at radius 3 is 2.65 bits per heavy atom. The van der Waals surface area contributed by atoms with Crippen molar-refractivity contribution >= 4 is 17.8 Å². The number of hydrogen-bond donors (Lipinski definition) is 3. The molecule has 0 aliphatic rings. The monoisotopic (exact) mass is 284 g/mol. The van der Waals surface area contributed by atoms with Crippen LogP contribution in [0.3, 0.4) is 0 Å². The van der Waals surface area contributed by atoms with Gasteiger partial charge in [0.15, 0.2) is 0 Å². The van der Waals surface area contributed by atoms with E-state index in [0.29, 0.717) is 12.2 Å². The highest BCUT2D eigenvalue weighted by molar-refractivity contribution is 5.93. The molecule has 1 aromatic rings. The van der Waals surface area contributed by atoms with Gasteiger partial charge in [-0.3, -0.25) is 14.7 Å². The van der Waals surface area contributed by atoms with E-state index in [1.807, 2.05) is 6.92 Å². The highest BCUT2D eigenvalue weighted by Crippen LogP contribution is 2.01. The van der Waals surface area contributed by atoms with Crippen molar-refractivity contribution in [3.63, 3.8) is 0 Å². The lowest BCUT2D eigenvalue weighted by Gasteiger charge is -2.12. The third kappa shape index (κ3) is 4.34. The predicted octanol–water partition coefficient (Wildman–Crippen LogP) is -0.497. The zero-order valence-corrected chi connectivity index (χ0v) is 11.2. The number of H-pyrrole nitrogens is 1. The fraction of sp³-hybridized carbons (Fsp3) is 0.545. The Labute approximate surface area is 114 Å². The lowest BCUT2D eigenvalue weighted by Crippen LogP contribution is -2.41. The van der Waals surface area contributed by atoms with Crippen molar-refractivity contribution in [1.82, 2.24) is 20.5 Å². The van der Waals surface area contributed by atoms with Crippen LogP contribution in [0.15, 0.2) is 0 Å². The molecule has 0 fully saturated rings. The average molecular weight is 284 g/mol. The number of methoxy groups -OCH3 is 1. The van der Waals surface area contributed by atoms with Crippen LogP contribution in [0, 0.1) is 0 Å². The van der Waals surface area contributed by atoms with E-state index in [1.165, 1.54) is 7.11 Å². The molecule has 110 valence electrons. The minimum Gasteiger partial charge on any atom is -0.480 e. The summed E-state index contributed by atoms with van der Waals surface area (Å²) in [6.45, 7) is 1.83. The maximum atomic E-state index is 11.8. The van der Waals surface area contributed by atoms with Gasteiger partial charge in [-0.15, -0.1) is 5.10 Å². The second-order valence-electron chi connectivity index (χ2n) is 3.94. The van der Waals surface area contributed by atoms with Gasteiger partial charge in [-0.05, 0) is 6.42 Å². The van der Waals surface area contributed by atoms with Crippen LogP contribution in [-0.4, -0.2) is 51.3 Å². The van der Waals surface area contributed by atoms with Gasteiger partial charge in [0.2, 0.25) is 5.82 Å². The second kappa shape index (κ2) is 7.22. The van der Waals surface area contributed by atoms with E-state index in [4.69, 9.17) is 5.11 Å². The van der Waals surface area contributed by atoms with Crippen molar-refractivity contribution < 1.29 is 24.2 Å². The van der Waals surface area contributed by atoms with E-state index >= 15 is 0 Å². The maximum absolute atomic E-state index is 11.8. The number of rotatable bonds is 7. The smallest absolute Gasteiger partial charge is 0.326 e. The third-order valence-corrected chi connectivity index (χ3v) is 2.54. The molecule has 0 spiro atoms. The second-order valence-corrected chi connectivity index (χ2v) is 3.94. The molecule has 0 aliphatic carbocycles. The van der Waals surface area contributed by atoms with Crippen LogP contribution in [0.5, 0.6) is 0 Å². The number of hydrogen-bond acceptors (Lipinski definition) is 6. The molecule has 1 amide bonds. The number of nitrogens with one attached hydrogen (secondary N) is 2. The van der Waals surface area contributed by atoms with Gasteiger partial charge >= 0.3 is 11.9 Å². The number of carbonyl (C=O) groups is 3. The lowest BCUT2D eigenvalue weighted by molar-refractivity contribution is -0.142.